The number of hydrogen-bond donors (Lipinski definition) is 1. The van der Waals surface area contributed by atoms with E-state index in [1.165, 1.54) is 26.4 Å². The Morgan fingerprint density at radius 3 is 2.67 bits per heavy atom. The summed E-state index contributed by atoms with van der Waals surface area (Å²) >= 11 is 0. The lowest BCUT2D eigenvalue weighted by atomic mass is 10.2. The molecule has 0 unspecified atom stereocenters. The molecule has 0 aliphatic carbocycles. The molecule has 0 saturated heterocycles. The molecule has 0 bridgehead atoms. The molecule has 27 heavy (non-hydrogen) atoms. The molecule has 3 aromatic rings. The first-order chi connectivity index (χ1) is 13.0. The number of benzene rings is 2. The van der Waals surface area contributed by atoms with E-state index in [2.05, 4.69) is 19.8 Å². The number of nitrogens with zero attached hydrogens (tertiary/aromatic N) is 1. The molecule has 138 valence electrons. The molecule has 8 heteroatoms. The van der Waals surface area contributed by atoms with Gasteiger partial charge in [-0.15, -0.1) is 0 Å². The normalized spacial score (nSPS) is 11.3. The number of esters is 2. The summed E-state index contributed by atoms with van der Waals surface area (Å²) in [6.45, 7) is 0. The number of anilines is 1. The van der Waals surface area contributed by atoms with E-state index in [1.54, 1.807) is 30.3 Å². The van der Waals surface area contributed by atoms with Gasteiger partial charge in [0, 0.05) is 11.3 Å². The highest BCUT2D eigenvalue weighted by Crippen LogP contribution is 2.27. The summed E-state index contributed by atoms with van der Waals surface area (Å²) in [5.74, 6) is -1.58. The molecular formula is C19H15FN2O5. The number of hydrogen-bond acceptors (Lipinski definition) is 7. The summed E-state index contributed by atoms with van der Waals surface area (Å²) in [7, 11) is 2.39. The molecule has 1 N–H and O–H groups in total. The highest BCUT2D eigenvalue weighted by atomic mass is 19.1. The van der Waals surface area contributed by atoms with Crippen LogP contribution in [0.5, 0.6) is 0 Å². The number of carbonyl (C=O) groups excluding carboxylic acids is 2. The molecule has 0 radical (unpaired) electrons. The van der Waals surface area contributed by atoms with Crippen LogP contribution < -0.4 is 5.32 Å². The van der Waals surface area contributed by atoms with E-state index < -0.39 is 17.8 Å². The van der Waals surface area contributed by atoms with E-state index in [0.29, 0.717) is 22.4 Å². The Kier molecular flexibility index (Phi) is 5.16. The summed E-state index contributed by atoms with van der Waals surface area (Å²) in [4.78, 5) is 27.6. The maximum absolute atomic E-state index is 13.4. The maximum atomic E-state index is 13.4. The predicted molar refractivity (Wildman–Crippen MR) is 95.1 cm³/mol. The Morgan fingerprint density at radius 1 is 1.15 bits per heavy atom. The number of rotatable bonds is 5. The van der Waals surface area contributed by atoms with Crippen molar-refractivity contribution >= 4 is 28.7 Å². The van der Waals surface area contributed by atoms with Crippen LogP contribution >= 0.6 is 0 Å². The Balaban J connectivity index is 1.93. The van der Waals surface area contributed by atoms with Crippen LogP contribution in [0.2, 0.25) is 0 Å². The van der Waals surface area contributed by atoms with Crippen molar-refractivity contribution in [3.63, 3.8) is 0 Å². The van der Waals surface area contributed by atoms with Crippen molar-refractivity contribution in [3.8, 4) is 11.5 Å². The molecule has 7 nitrogen and oxygen atoms in total. The number of halogens is 1. The van der Waals surface area contributed by atoms with Crippen LogP contribution in [0.1, 0.15) is 0 Å². The molecule has 0 amide bonds. The van der Waals surface area contributed by atoms with Crippen LogP contribution in [0.4, 0.5) is 10.1 Å². The van der Waals surface area contributed by atoms with Crippen LogP contribution in [-0.2, 0) is 19.1 Å². The maximum Gasteiger partial charge on any atom is 0.354 e. The minimum absolute atomic E-state index is 0.0995. The number of nitrogens with one attached hydrogen (secondary N) is 1. The molecule has 0 aliphatic heterocycles. The van der Waals surface area contributed by atoms with Gasteiger partial charge in [0.15, 0.2) is 5.58 Å². The zero-order valence-electron chi connectivity index (χ0n) is 14.5. The van der Waals surface area contributed by atoms with Crippen LogP contribution in [0.25, 0.3) is 22.6 Å². The average Bonchev–Trinajstić information content (AvgIpc) is 3.10. The summed E-state index contributed by atoms with van der Waals surface area (Å²) < 4.78 is 28.2. The molecule has 0 atom stereocenters. The second kappa shape index (κ2) is 7.69. The van der Waals surface area contributed by atoms with Crippen molar-refractivity contribution in [1.82, 2.24) is 4.98 Å². The van der Waals surface area contributed by atoms with Gasteiger partial charge in [0.25, 0.3) is 0 Å². The summed E-state index contributed by atoms with van der Waals surface area (Å²) in [6.07, 6.45) is 0.983. The van der Waals surface area contributed by atoms with Gasteiger partial charge in [-0.1, -0.05) is 6.07 Å². The highest BCUT2D eigenvalue weighted by Gasteiger charge is 2.14. The lowest BCUT2D eigenvalue weighted by Crippen LogP contribution is -2.15. The Hall–Kier alpha value is -3.68. The fourth-order valence-electron chi connectivity index (χ4n) is 2.34. The summed E-state index contributed by atoms with van der Waals surface area (Å²) in [6, 6.07) is 10.8. The summed E-state index contributed by atoms with van der Waals surface area (Å²) in [5.41, 5.74) is 1.85. The first kappa shape index (κ1) is 18.1. The largest absolute Gasteiger partial charge is 0.466 e. The fourth-order valence-corrected chi connectivity index (χ4v) is 2.34. The number of carbonyl (C=O) groups is 2. The molecule has 0 fully saturated rings. The van der Waals surface area contributed by atoms with Gasteiger partial charge < -0.3 is 19.2 Å². The number of ether oxygens (including phenoxy) is 2. The average molecular weight is 370 g/mol. The first-order valence-corrected chi connectivity index (χ1v) is 7.81. The van der Waals surface area contributed by atoms with Crippen molar-refractivity contribution in [2.45, 2.75) is 0 Å². The van der Waals surface area contributed by atoms with Crippen LogP contribution in [-0.4, -0.2) is 31.1 Å². The second-order valence-electron chi connectivity index (χ2n) is 5.41. The molecule has 1 heterocycles. The molecule has 0 aliphatic rings. The Bertz CT molecular complexity index is 1040. The zero-order valence-corrected chi connectivity index (χ0v) is 14.5. The van der Waals surface area contributed by atoms with Gasteiger partial charge in [-0.25, -0.2) is 19.0 Å². The monoisotopic (exact) mass is 370 g/mol. The second-order valence-corrected chi connectivity index (χ2v) is 5.41. The predicted octanol–water partition coefficient (Wildman–Crippen LogP) is 3.28. The van der Waals surface area contributed by atoms with Crippen LogP contribution in [0, 0.1) is 5.82 Å². The van der Waals surface area contributed by atoms with Gasteiger partial charge in [-0.2, -0.15) is 0 Å². The van der Waals surface area contributed by atoms with Gasteiger partial charge in [-0.05, 0) is 36.4 Å². The lowest BCUT2D eigenvalue weighted by Gasteiger charge is -2.08. The van der Waals surface area contributed by atoms with Crippen LogP contribution in [0.15, 0.2) is 58.7 Å². The Morgan fingerprint density at radius 2 is 1.96 bits per heavy atom. The highest BCUT2D eigenvalue weighted by molar-refractivity contribution is 5.99. The van der Waals surface area contributed by atoms with Crippen molar-refractivity contribution < 1.29 is 27.9 Å². The molecular weight excluding hydrogens is 355 g/mol. The smallest absolute Gasteiger partial charge is 0.354 e. The molecule has 1 aromatic heterocycles. The third-order valence-electron chi connectivity index (χ3n) is 3.61. The summed E-state index contributed by atoms with van der Waals surface area (Å²) in [5, 5.41) is 2.79. The quantitative estimate of drug-likeness (QED) is 0.544. The van der Waals surface area contributed by atoms with E-state index in [4.69, 9.17) is 4.42 Å². The number of methoxy groups -OCH3 is 2. The van der Waals surface area contributed by atoms with E-state index in [0.717, 1.165) is 6.08 Å². The molecule has 3 rings (SSSR count). The lowest BCUT2D eigenvalue weighted by molar-refractivity contribution is -0.138. The van der Waals surface area contributed by atoms with E-state index >= 15 is 0 Å². The molecule has 0 saturated carbocycles. The topological polar surface area (TPSA) is 90.7 Å². The van der Waals surface area contributed by atoms with Crippen molar-refractivity contribution in [2.24, 2.45) is 0 Å². The number of oxazole rings is 1. The SMILES string of the molecule is COC(=O)/C=C(/Nc1ccc2oc(-c3cccc(F)c3)nc2c1)C(=O)OC. The minimum Gasteiger partial charge on any atom is -0.466 e. The van der Waals surface area contributed by atoms with Crippen molar-refractivity contribution in [1.29, 1.82) is 0 Å². The van der Waals surface area contributed by atoms with Gasteiger partial charge in [-0.3, -0.25) is 0 Å². The van der Waals surface area contributed by atoms with Crippen molar-refractivity contribution in [3.05, 3.63) is 60.1 Å². The third kappa shape index (κ3) is 4.12. The van der Waals surface area contributed by atoms with Gasteiger partial charge in [0.1, 0.15) is 17.0 Å². The van der Waals surface area contributed by atoms with Crippen LogP contribution in [0.3, 0.4) is 0 Å². The molecule has 0 spiro atoms. The van der Waals surface area contributed by atoms with E-state index in [1.807, 2.05) is 0 Å². The first-order valence-electron chi connectivity index (χ1n) is 7.81. The van der Waals surface area contributed by atoms with Crippen molar-refractivity contribution in [2.75, 3.05) is 19.5 Å². The minimum atomic E-state index is -0.735. The molecule has 2 aromatic carbocycles. The van der Waals surface area contributed by atoms with Gasteiger partial charge in [0.05, 0.1) is 20.3 Å². The van der Waals surface area contributed by atoms with E-state index in [-0.39, 0.29) is 11.6 Å². The van der Waals surface area contributed by atoms with Gasteiger partial charge in [0.2, 0.25) is 5.89 Å². The Labute approximate surface area is 153 Å². The third-order valence-corrected chi connectivity index (χ3v) is 3.61. The number of aromatic nitrogens is 1. The standard InChI is InChI=1S/C19H15FN2O5/c1-25-17(23)10-15(19(24)26-2)21-13-6-7-16-14(9-13)22-18(27-16)11-4-3-5-12(20)8-11/h3-10,21H,1-2H3/b15-10+. The fraction of sp³-hybridized carbons (Fsp3) is 0.105. The number of fused-ring (bicyclic) bond motifs is 1. The van der Waals surface area contributed by atoms with E-state index in [9.17, 15) is 14.0 Å². The van der Waals surface area contributed by atoms with Gasteiger partial charge >= 0.3 is 11.9 Å². The zero-order chi connectivity index (χ0) is 19.4.